The summed E-state index contributed by atoms with van der Waals surface area (Å²) in [7, 11) is 0. The predicted octanol–water partition coefficient (Wildman–Crippen LogP) is 4.06. The summed E-state index contributed by atoms with van der Waals surface area (Å²) in [5.74, 6) is 1.45. The molecule has 2 saturated carbocycles. The zero-order valence-corrected chi connectivity index (χ0v) is 14.8. The molecule has 0 bridgehead atoms. The first-order valence-electron chi connectivity index (χ1n) is 8.67. The summed E-state index contributed by atoms with van der Waals surface area (Å²) in [6, 6.07) is 7.96. The van der Waals surface area contributed by atoms with Crippen molar-refractivity contribution < 1.29 is 4.79 Å². The number of nitrogens with one attached hydrogen (secondary N) is 1. The van der Waals surface area contributed by atoms with Gasteiger partial charge in [-0.3, -0.25) is 4.79 Å². The van der Waals surface area contributed by atoms with Gasteiger partial charge in [-0.2, -0.15) is 5.10 Å². The topological polar surface area (TPSA) is 46.9 Å². The molecular formula is C19H22ClN3O. The van der Waals surface area contributed by atoms with Crippen LogP contribution in [0, 0.1) is 25.7 Å². The zero-order chi connectivity index (χ0) is 16.8. The van der Waals surface area contributed by atoms with E-state index in [0.717, 1.165) is 17.1 Å². The number of nitrogens with zero attached hydrogens (tertiary/aromatic N) is 2. The number of benzene rings is 1. The molecule has 0 aliphatic heterocycles. The second-order valence-electron chi connectivity index (χ2n) is 7.12. The lowest BCUT2D eigenvalue weighted by Gasteiger charge is -2.17. The smallest absolute Gasteiger partial charge is 0.251 e. The lowest BCUT2D eigenvalue weighted by atomic mass is 10.1. The molecule has 2 aliphatic carbocycles. The first-order valence-corrected chi connectivity index (χ1v) is 9.05. The van der Waals surface area contributed by atoms with Gasteiger partial charge in [0.25, 0.3) is 5.91 Å². The average molecular weight is 344 g/mol. The highest BCUT2D eigenvalue weighted by Gasteiger charge is 2.42. The molecule has 126 valence electrons. The predicted molar refractivity (Wildman–Crippen MR) is 94.8 cm³/mol. The minimum atomic E-state index is 0.0387. The van der Waals surface area contributed by atoms with Crippen LogP contribution in [0.5, 0.6) is 0 Å². The fourth-order valence-corrected chi connectivity index (χ4v) is 3.51. The van der Waals surface area contributed by atoms with Crippen LogP contribution in [-0.2, 0) is 0 Å². The number of hydrogen-bond donors (Lipinski definition) is 1. The van der Waals surface area contributed by atoms with Crippen LogP contribution in [0.4, 0.5) is 0 Å². The third-order valence-electron chi connectivity index (χ3n) is 5.13. The summed E-state index contributed by atoms with van der Waals surface area (Å²) in [4.78, 5) is 12.5. The number of carbonyl (C=O) groups excluding carboxylic acids is 1. The summed E-state index contributed by atoms with van der Waals surface area (Å²) < 4.78 is 1.82. The monoisotopic (exact) mass is 343 g/mol. The van der Waals surface area contributed by atoms with Crippen LogP contribution < -0.4 is 5.32 Å². The third kappa shape index (κ3) is 2.95. The molecule has 4 nitrogen and oxygen atoms in total. The van der Waals surface area contributed by atoms with Gasteiger partial charge >= 0.3 is 0 Å². The molecule has 1 amide bonds. The molecule has 1 heterocycles. The summed E-state index contributed by atoms with van der Waals surface area (Å²) in [5, 5.41) is 8.40. The normalized spacial score (nSPS) is 17.3. The van der Waals surface area contributed by atoms with Gasteiger partial charge in [0.1, 0.15) is 0 Å². The summed E-state index contributed by atoms with van der Waals surface area (Å²) in [6.45, 7) is 3.84. The minimum absolute atomic E-state index is 0.0387. The fraction of sp³-hybridized carbons (Fsp3) is 0.474. The van der Waals surface area contributed by atoms with Crippen LogP contribution in [0.25, 0.3) is 5.69 Å². The van der Waals surface area contributed by atoms with Crippen LogP contribution in [0.15, 0.2) is 24.3 Å². The van der Waals surface area contributed by atoms with Gasteiger partial charge in [0.2, 0.25) is 0 Å². The minimum Gasteiger partial charge on any atom is -0.349 e. The molecule has 1 aromatic heterocycles. The SMILES string of the molecule is Cc1nn(-c2ccc(C(=O)NC(C3CC3)C3CC3)cc2)c(C)c1Cl. The van der Waals surface area contributed by atoms with E-state index >= 15 is 0 Å². The largest absolute Gasteiger partial charge is 0.349 e. The van der Waals surface area contributed by atoms with Crippen LogP contribution >= 0.6 is 11.6 Å². The van der Waals surface area contributed by atoms with Crippen molar-refractivity contribution in [3.05, 3.63) is 46.2 Å². The van der Waals surface area contributed by atoms with Crippen molar-refractivity contribution in [1.29, 1.82) is 0 Å². The molecule has 5 heteroatoms. The van der Waals surface area contributed by atoms with E-state index in [1.807, 2.05) is 42.8 Å². The third-order valence-corrected chi connectivity index (χ3v) is 5.68. The number of halogens is 1. The Balaban J connectivity index is 1.50. The number of amides is 1. The highest BCUT2D eigenvalue weighted by molar-refractivity contribution is 6.31. The second-order valence-corrected chi connectivity index (χ2v) is 7.50. The van der Waals surface area contributed by atoms with Crippen LogP contribution in [0.2, 0.25) is 5.02 Å². The highest BCUT2D eigenvalue weighted by Crippen LogP contribution is 2.44. The summed E-state index contributed by atoms with van der Waals surface area (Å²) >= 11 is 6.21. The van der Waals surface area contributed by atoms with E-state index in [1.54, 1.807) is 0 Å². The van der Waals surface area contributed by atoms with Gasteiger partial charge in [-0.15, -0.1) is 0 Å². The lowest BCUT2D eigenvalue weighted by Crippen LogP contribution is -2.38. The molecule has 4 rings (SSSR count). The van der Waals surface area contributed by atoms with Gasteiger partial charge in [0, 0.05) is 11.6 Å². The standard InChI is InChI=1S/C19H22ClN3O/c1-11-17(20)12(2)23(22-11)16-9-7-15(8-10-16)19(24)21-18(13-3-4-13)14-5-6-14/h7-10,13-14,18H,3-6H2,1-2H3,(H,21,24). The molecule has 1 N–H and O–H groups in total. The van der Waals surface area contributed by atoms with E-state index in [0.29, 0.717) is 28.5 Å². The average Bonchev–Trinajstić information content (AvgIpc) is 3.48. The molecule has 0 saturated heterocycles. The van der Waals surface area contributed by atoms with Gasteiger partial charge < -0.3 is 5.32 Å². The van der Waals surface area contributed by atoms with Crippen molar-refractivity contribution in [2.45, 2.75) is 45.6 Å². The molecule has 0 radical (unpaired) electrons. The first-order chi connectivity index (χ1) is 11.5. The van der Waals surface area contributed by atoms with Crippen LogP contribution in [-0.4, -0.2) is 21.7 Å². The Morgan fingerprint density at radius 3 is 2.21 bits per heavy atom. The van der Waals surface area contributed by atoms with E-state index < -0.39 is 0 Å². The van der Waals surface area contributed by atoms with Gasteiger partial charge in [0.15, 0.2) is 0 Å². The van der Waals surface area contributed by atoms with Crippen LogP contribution in [0.1, 0.15) is 47.4 Å². The van der Waals surface area contributed by atoms with Crippen molar-refractivity contribution >= 4 is 17.5 Å². The Bertz CT molecular complexity index is 761. The maximum Gasteiger partial charge on any atom is 0.251 e. The lowest BCUT2D eigenvalue weighted by molar-refractivity contribution is 0.0926. The Morgan fingerprint density at radius 1 is 1.17 bits per heavy atom. The Hall–Kier alpha value is -1.81. The first kappa shape index (κ1) is 15.7. The van der Waals surface area contributed by atoms with E-state index in [1.165, 1.54) is 25.7 Å². The molecule has 2 aromatic rings. The molecule has 0 atom stereocenters. The van der Waals surface area contributed by atoms with E-state index in [2.05, 4.69) is 10.4 Å². The quantitative estimate of drug-likeness (QED) is 0.889. The number of aromatic nitrogens is 2. The maximum atomic E-state index is 12.5. The van der Waals surface area contributed by atoms with Crippen molar-refractivity contribution in [3.63, 3.8) is 0 Å². The number of rotatable bonds is 5. The van der Waals surface area contributed by atoms with Crippen molar-refractivity contribution in [1.82, 2.24) is 15.1 Å². The Labute approximate surface area is 147 Å². The molecule has 24 heavy (non-hydrogen) atoms. The fourth-order valence-electron chi connectivity index (χ4n) is 3.40. The molecule has 0 unspecified atom stereocenters. The van der Waals surface area contributed by atoms with E-state index in [-0.39, 0.29) is 5.91 Å². The number of carbonyl (C=O) groups is 1. The number of hydrogen-bond acceptors (Lipinski definition) is 2. The van der Waals surface area contributed by atoms with Gasteiger partial charge in [-0.1, -0.05) is 11.6 Å². The Morgan fingerprint density at radius 2 is 1.75 bits per heavy atom. The summed E-state index contributed by atoms with van der Waals surface area (Å²) in [5.41, 5.74) is 3.35. The highest BCUT2D eigenvalue weighted by atomic mass is 35.5. The maximum absolute atomic E-state index is 12.5. The number of aryl methyl sites for hydroxylation is 1. The van der Waals surface area contributed by atoms with Crippen molar-refractivity contribution in [2.75, 3.05) is 0 Å². The molecule has 1 aromatic carbocycles. The molecule has 2 fully saturated rings. The molecular weight excluding hydrogens is 322 g/mol. The van der Waals surface area contributed by atoms with Gasteiger partial charge in [-0.05, 0) is 75.6 Å². The van der Waals surface area contributed by atoms with Gasteiger partial charge in [-0.25, -0.2) is 4.68 Å². The molecule has 2 aliphatic rings. The van der Waals surface area contributed by atoms with Crippen molar-refractivity contribution in [3.8, 4) is 5.69 Å². The van der Waals surface area contributed by atoms with E-state index in [4.69, 9.17) is 11.6 Å². The van der Waals surface area contributed by atoms with Crippen molar-refractivity contribution in [2.24, 2.45) is 11.8 Å². The Kier molecular flexibility index (Phi) is 3.87. The van der Waals surface area contributed by atoms with Crippen LogP contribution in [0.3, 0.4) is 0 Å². The zero-order valence-electron chi connectivity index (χ0n) is 14.1. The van der Waals surface area contributed by atoms with E-state index in [9.17, 15) is 4.79 Å². The van der Waals surface area contributed by atoms with Gasteiger partial charge in [0.05, 0.1) is 22.1 Å². The molecule has 0 spiro atoms. The summed E-state index contributed by atoms with van der Waals surface area (Å²) in [6.07, 6.45) is 5.05. The second kappa shape index (κ2) is 5.92.